The Morgan fingerprint density at radius 2 is 0.746 bits per heavy atom. The number of piperazine rings is 2. The fourth-order valence-corrected chi connectivity index (χ4v) is 23.8. The average Bonchev–Trinajstić information content (AvgIpc) is 1.59. The van der Waals surface area contributed by atoms with Gasteiger partial charge in [-0.25, -0.2) is 8.78 Å². The number of aromatic nitrogens is 4. The number of para-hydroxylation sites is 2. The fourth-order valence-electron chi connectivity index (χ4n) is 23.8. The van der Waals surface area contributed by atoms with Crippen molar-refractivity contribution in [1.29, 1.82) is 0 Å². The van der Waals surface area contributed by atoms with Gasteiger partial charge in [-0.1, -0.05) is 84.9 Å². The number of benzene rings is 8. The van der Waals surface area contributed by atoms with E-state index in [0.29, 0.717) is 72.3 Å². The highest BCUT2D eigenvalue weighted by atomic mass is 19.1. The summed E-state index contributed by atoms with van der Waals surface area (Å²) in [6, 6.07) is 70.2. The third kappa shape index (κ3) is 23.7. The molecule has 3 aliphatic carbocycles. The molecule has 18 heteroatoms. The van der Waals surface area contributed by atoms with Crippen LogP contribution in [0.15, 0.2) is 182 Å². The van der Waals surface area contributed by atoms with Crippen LogP contribution < -0.4 is 31.1 Å². The van der Waals surface area contributed by atoms with E-state index in [1.807, 2.05) is 12.1 Å². The largest absolute Gasteiger partial charge is 0.371 e. The molecule has 0 radical (unpaired) electrons. The summed E-state index contributed by atoms with van der Waals surface area (Å²) in [6.45, 7) is 46.7. The maximum atomic E-state index is 13.6. The quantitative estimate of drug-likeness (QED) is 0.0310. The highest BCUT2D eigenvalue weighted by Crippen LogP contribution is 2.43. The van der Waals surface area contributed by atoms with Crippen LogP contribution >= 0.6 is 0 Å². The zero-order chi connectivity index (χ0) is 92.3. The lowest BCUT2D eigenvalue weighted by Crippen LogP contribution is -2.51. The van der Waals surface area contributed by atoms with E-state index in [9.17, 15) is 8.78 Å². The van der Waals surface area contributed by atoms with E-state index in [4.69, 9.17) is 0 Å². The van der Waals surface area contributed by atoms with Gasteiger partial charge < -0.3 is 60.8 Å². The lowest BCUT2D eigenvalue weighted by atomic mass is 9.81. The summed E-state index contributed by atoms with van der Waals surface area (Å²) in [5.74, 6) is 0.899. The lowest BCUT2D eigenvalue weighted by Gasteiger charge is -2.38. The first kappa shape index (κ1) is 95.3. The van der Waals surface area contributed by atoms with Crippen molar-refractivity contribution in [3.63, 3.8) is 0 Å². The third-order valence-electron chi connectivity index (χ3n) is 32.4. The molecule has 6 saturated heterocycles. The standard InChI is InChI=1S/C30H41N5.C30H43N5.2C28H36FN3/c1-22(2)34-19-17-33(18-20-34)16-13-31-24-11-14-35(15-12-24)25-9-7-23-8-10-27-26-5-3-4-6-29(26)32-30(27)28(23)21-25;1-22(2)34-19-17-33(18-20-34)16-13-31-25-11-14-35(15-12-25)26-10-9-23(3)28(21-26)30-24(4)27-7-5-6-8-29(27)32-30;2*1-19(2)32-14-12-26(13-15-32)30-25-9-6-20(7-10-25)21-4-3-5-22(16-21)28-18-23-17-24(29)8-11-27(23)31-28/h3-7,9,21-22,24,31-32H,8,10-20H2,1-2H3;5-10,21-22,25,31-32H,11-20H2,1-4H3;2*3-5,8,11,16-20,25-26,30-31H,6-7,9-10,12-15H2,1-2H3. The Labute approximate surface area is 799 Å². The number of piperidine rings is 4. The van der Waals surface area contributed by atoms with Gasteiger partial charge in [-0.05, 0) is 364 Å². The molecule has 0 atom stereocenters. The number of nitrogens with one attached hydrogen (secondary N) is 8. The molecule has 0 spiro atoms. The molecule has 0 amide bonds. The summed E-state index contributed by atoms with van der Waals surface area (Å²) in [7, 11) is 0. The molecule has 8 aromatic carbocycles. The van der Waals surface area contributed by atoms with E-state index in [0.717, 1.165) is 85.3 Å². The summed E-state index contributed by atoms with van der Waals surface area (Å²) >= 11 is 0. The zero-order valence-corrected chi connectivity index (χ0v) is 82.5. The van der Waals surface area contributed by atoms with Crippen LogP contribution in [0.4, 0.5) is 20.2 Å². The Bertz CT molecular complexity index is 5510. The second-order valence-electron chi connectivity index (χ2n) is 42.2. The minimum Gasteiger partial charge on any atom is -0.371 e. The van der Waals surface area contributed by atoms with Gasteiger partial charge in [0.15, 0.2) is 0 Å². The molecule has 6 aliphatic heterocycles. The summed E-state index contributed by atoms with van der Waals surface area (Å²) in [4.78, 5) is 35.1. The van der Waals surface area contributed by atoms with Gasteiger partial charge in [0.2, 0.25) is 0 Å². The molecule has 8 fully saturated rings. The number of fused-ring (bicyclic) bond motifs is 8. The number of hydrogen-bond donors (Lipinski definition) is 8. The average molecular weight is 1810 g/mol. The monoisotopic (exact) mass is 1810 g/mol. The van der Waals surface area contributed by atoms with E-state index < -0.39 is 0 Å². The van der Waals surface area contributed by atoms with Crippen LogP contribution in [0.2, 0.25) is 0 Å². The first-order valence-corrected chi connectivity index (χ1v) is 52.3. The van der Waals surface area contributed by atoms with E-state index >= 15 is 0 Å². The minimum absolute atomic E-state index is 0.187. The minimum atomic E-state index is -0.187. The Morgan fingerprint density at radius 3 is 1.21 bits per heavy atom. The number of rotatable bonds is 23. The summed E-state index contributed by atoms with van der Waals surface area (Å²) in [5.41, 5.74) is 25.6. The topological polar surface area (TPSA) is 137 Å². The van der Waals surface area contributed by atoms with Crippen molar-refractivity contribution in [2.24, 2.45) is 0 Å². The Balaban J connectivity index is 0.000000120. The van der Waals surface area contributed by atoms with Crippen LogP contribution in [-0.4, -0.2) is 241 Å². The summed E-state index contributed by atoms with van der Waals surface area (Å²) < 4.78 is 27.1. The molecule has 21 rings (SSSR count). The molecule has 714 valence electrons. The molecule has 10 heterocycles. The van der Waals surface area contributed by atoms with Crippen molar-refractivity contribution in [2.75, 3.05) is 141 Å². The number of H-pyrrole nitrogens is 4. The second kappa shape index (κ2) is 44.6. The zero-order valence-electron chi connectivity index (χ0n) is 82.5. The smallest absolute Gasteiger partial charge is 0.123 e. The van der Waals surface area contributed by atoms with Crippen LogP contribution in [-0.2, 0) is 12.8 Å². The highest BCUT2D eigenvalue weighted by Gasteiger charge is 2.33. The van der Waals surface area contributed by atoms with E-state index in [1.54, 1.807) is 12.1 Å². The van der Waals surface area contributed by atoms with Crippen molar-refractivity contribution in [1.82, 2.24) is 70.6 Å². The van der Waals surface area contributed by atoms with Crippen LogP contribution in [0.3, 0.4) is 0 Å². The number of likely N-dealkylation sites (tertiary alicyclic amines) is 2. The van der Waals surface area contributed by atoms with E-state index in [-0.39, 0.29) is 11.6 Å². The normalized spacial score (nSPS) is 21.2. The molecule has 0 unspecified atom stereocenters. The van der Waals surface area contributed by atoms with Crippen LogP contribution in [0.1, 0.15) is 203 Å². The molecule has 2 saturated carbocycles. The molecule has 134 heavy (non-hydrogen) atoms. The first-order chi connectivity index (χ1) is 65.2. The highest BCUT2D eigenvalue weighted by molar-refractivity contribution is 5.94. The van der Waals surface area contributed by atoms with Crippen LogP contribution in [0.5, 0.6) is 0 Å². The Hall–Kier alpha value is -9.02. The Morgan fingerprint density at radius 1 is 0.336 bits per heavy atom. The number of hydrogen-bond acceptors (Lipinski definition) is 12. The number of anilines is 2. The summed E-state index contributed by atoms with van der Waals surface area (Å²) in [6.07, 6.45) is 22.4. The number of nitrogens with zero attached hydrogens (tertiary/aromatic N) is 8. The van der Waals surface area contributed by atoms with Crippen molar-refractivity contribution >= 4 is 55.0 Å². The van der Waals surface area contributed by atoms with Crippen molar-refractivity contribution in [3.8, 4) is 45.0 Å². The molecular weight excluding hydrogens is 1660 g/mol. The number of aromatic amines is 4. The van der Waals surface area contributed by atoms with Gasteiger partial charge in [0, 0.05) is 248 Å². The van der Waals surface area contributed by atoms with Gasteiger partial charge in [-0.3, -0.25) is 19.6 Å². The first-order valence-electron chi connectivity index (χ1n) is 52.3. The predicted molar refractivity (Wildman–Crippen MR) is 560 cm³/mol. The van der Waals surface area contributed by atoms with Crippen molar-refractivity contribution < 1.29 is 8.78 Å². The van der Waals surface area contributed by atoms with Crippen molar-refractivity contribution in [3.05, 3.63) is 227 Å². The van der Waals surface area contributed by atoms with Gasteiger partial charge in [-0.15, -0.1) is 0 Å². The second-order valence-corrected chi connectivity index (χ2v) is 42.2. The van der Waals surface area contributed by atoms with Gasteiger partial charge in [0.1, 0.15) is 11.6 Å². The SMILES string of the molecule is CC(C)N1CCC(NC2CCC(c3cccc(-c4cc5cc(F)ccc5[nH]4)c3)CC2)CC1.CC(C)N1CCC(NC2CCC(c3cccc(-c4cc5cc(F)ccc5[nH]4)c3)CC2)CC1.CC(C)N1CCN(CCNC2CCN(c3ccc4c(c3)-c3[nH]c5ccccc5c3CC4)CC2)CC1.Cc1ccc(N2CCC(NCCN3CCN(C(C)C)CC3)CC2)cc1-c1[nH]c2ccccc2c1C. The van der Waals surface area contributed by atoms with Gasteiger partial charge >= 0.3 is 0 Å². The fraction of sp³-hybridized carbons (Fsp3) is 0.517. The van der Waals surface area contributed by atoms with Crippen molar-refractivity contribution in [2.45, 2.75) is 257 Å². The molecule has 0 bridgehead atoms. The maximum absolute atomic E-state index is 13.6. The van der Waals surface area contributed by atoms with Crippen LogP contribution in [0.25, 0.3) is 88.6 Å². The third-order valence-corrected chi connectivity index (χ3v) is 32.4. The molecule has 16 nitrogen and oxygen atoms in total. The van der Waals surface area contributed by atoms with E-state index in [2.05, 4.69) is 295 Å². The van der Waals surface area contributed by atoms with Gasteiger partial charge in [0.05, 0.1) is 5.69 Å². The van der Waals surface area contributed by atoms with Gasteiger partial charge in [0.25, 0.3) is 0 Å². The maximum Gasteiger partial charge on any atom is 0.123 e. The van der Waals surface area contributed by atoms with Gasteiger partial charge in [-0.2, -0.15) is 0 Å². The Kier molecular flexibility index (Phi) is 31.7. The molecule has 4 aromatic heterocycles. The summed E-state index contributed by atoms with van der Waals surface area (Å²) in [5, 5.41) is 20.3. The van der Waals surface area contributed by atoms with Crippen LogP contribution in [0, 0.1) is 25.5 Å². The molecule has 9 aliphatic rings. The van der Waals surface area contributed by atoms with E-state index in [1.165, 1.54) is 307 Å². The lowest BCUT2D eigenvalue weighted by molar-refractivity contribution is 0.108. The molecule has 12 aromatic rings. The predicted octanol–water partition coefficient (Wildman–Crippen LogP) is 22.5. The number of halogens is 2. The molecule has 8 N–H and O–H groups in total. The molecular formula is C116H156F2N16. The number of aryl methyl sites for hydroxylation is 4.